The molecule has 4 nitrogen and oxygen atoms in total. The smallest absolute Gasteiger partial charge is 0.421 e. The van der Waals surface area contributed by atoms with Gasteiger partial charge in [0.1, 0.15) is 0 Å². The number of hydrogen-bond donors (Lipinski definition) is 0. The molecule has 13 heavy (non-hydrogen) atoms. The Kier molecular flexibility index (Phi) is 2.34. The first-order valence-corrected chi connectivity index (χ1v) is 4.08. The number of hydrogen-bond acceptors (Lipinski definition) is 4. The molecule has 0 aromatic carbocycles. The zero-order chi connectivity index (χ0) is 10.1. The second kappa shape index (κ2) is 3.03. The quantitative estimate of drug-likeness (QED) is 0.498. The number of ether oxygens (including phenoxy) is 3. The lowest BCUT2D eigenvalue weighted by Crippen LogP contribution is -2.47. The summed E-state index contributed by atoms with van der Waals surface area (Å²) in [4.78, 5) is 10.9. The molecule has 1 aliphatic rings. The molecule has 1 unspecified atom stereocenters. The van der Waals surface area contributed by atoms with E-state index in [1.165, 1.54) is 0 Å². The summed E-state index contributed by atoms with van der Waals surface area (Å²) in [7, 11) is 0. The monoisotopic (exact) mass is 186 g/mol. The molecular weight excluding hydrogens is 172 g/mol. The maximum atomic E-state index is 10.9. The highest BCUT2D eigenvalue weighted by atomic mass is 16.9. The highest BCUT2D eigenvalue weighted by molar-refractivity contribution is 5.63. The van der Waals surface area contributed by atoms with Crippen molar-refractivity contribution in [2.45, 2.75) is 32.2 Å². The second-order valence-corrected chi connectivity index (χ2v) is 3.51. The molecule has 0 aromatic rings. The third kappa shape index (κ3) is 1.67. The molecule has 1 atom stereocenters. The molecule has 1 rings (SSSR count). The molecule has 0 aliphatic carbocycles. The summed E-state index contributed by atoms with van der Waals surface area (Å²) >= 11 is 0. The average Bonchev–Trinajstić information content (AvgIpc) is 2.17. The highest BCUT2D eigenvalue weighted by Gasteiger charge is 2.55. The molecular formula is C9H14O4. The van der Waals surface area contributed by atoms with Crippen LogP contribution in [0, 0.1) is 0 Å². The predicted octanol–water partition coefficient (Wildman–Crippen LogP) is 1.85. The van der Waals surface area contributed by atoms with Gasteiger partial charge in [-0.15, -0.1) is 6.58 Å². The number of rotatable bonds is 3. The van der Waals surface area contributed by atoms with E-state index in [1.807, 2.05) is 0 Å². The van der Waals surface area contributed by atoms with Crippen molar-refractivity contribution in [2.75, 3.05) is 6.61 Å². The van der Waals surface area contributed by atoms with E-state index in [4.69, 9.17) is 14.2 Å². The minimum absolute atomic E-state index is 0.316. The van der Waals surface area contributed by atoms with Gasteiger partial charge in [0, 0.05) is 6.92 Å². The molecule has 0 N–H and O–H groups in total. The fourth-order valence-corrected chi connectivity index (χ4v) is 1.02. The Bertz CT molecular complexity index is 234. The molecule has 74 valence electrons. The Morgan fingerprint density at radius 2 is 2.08 bits per heavy atom. The van der Waals surface area contributed by atoms with Crippen molar-refractivity contribution in [3.8, 4) is 0 Å². The maximum absolute atomic E-state index is 10.9. The van der Waals surface area contributed by atoms with Crippen LogP contribution in [-0.4, -0.2) is 24.2 Å². The molecule has 0 amide bonds. The molecule has 4 heteroatoms. The van der Waals surface area contributed by atoms with Crippen LogP contribution < -0.4 is 0 Å². The molecule has 0 aromatic heterocycles. The van der Waals surface area contributed by atoms with Gasteiger partial charge in [0.2, 0.25) is 0 Å². The first kappa shape index (κ1) is 10.1. The Labute approximate surface area is 77.5 Å². The fraction of sp³-hybridized carbons (Fsp3) is 0.667. The zero-order valence-electron chi connectivity index (χ0n) is 8.12. The van der Waals surface area contributed by atoms with Crippen molar-refractivity contribution in [2.24, 2.45) is 0 Å². The van der Waals surface area contributed by atoms with Crippen molar-refractivity contribution >= 4 is 6.16 Å². The van der Waals surface area contributed by atoms with E-state index in [-0.39, 0.29) is 0 Å². The van der Waals surface area contributed by atoms with Gasteiger partial charge in [-0.2, -0.15) is 0 Å². The van der Waals surface area contributed by atoms with Gasteiger partial charge in [0.25, 0.3) is 5.79 Å². The van der Waals surface area contributed by atoms with Crippen molar-refractivity contribution in [1.82, 2.24) is 0 Å². The summed E-state index contributed by atoms with van der Waals surface area (Å²) in [5, 5.41) is 0. The van der Waals surface area contributed by atoms with Crippen LogP contribution >= 0.6 is 0 Å². The minimum atomic E-state index is -1.03. The Morgan fingerprint density at radius 1 is 1.46 bits per heavy atom. The third-order valence-electron chi connectivity index (χ3n) is 2.19. The molecule has 0 radical (unpaired) electrons. The largest absolute Gasteiger partial charge is 0.511 e. The van der Waals surface area contributed by atoms with Crippen LogP contribution in [0.15, 0.2) is 12.7 Å². The summed E-state index contributed by atoms with van der Waals surface area (Å²) in [5.41, 5.74) is -0.771. The molecule has 1 heterocycles. The van der Waals surface area contributed by atoms with Crippen LogP contribution in [0.4, 0.5) is 4.79 Å². The number of carbonyl (C=O) groups is 1. The van der Waals surface area contributed by atoms with Crippen molar-refractivity contribution in [1.29, 1.82) is 0 Å². The number of cyclic esters (lactones) is 2. The van der Waals surface area contributed by atoms with Gasteiger partial charge >= 0.3 is 6.16 Å². The van der Waals surface area contributed by atoms with Gasteiger partial charge in [-0.3, -0.25) is 0 Å². The van der Waals surface area contributed by atoms with Crippen LogP contribution in [0.5, 0.6) is 0 Å². The van der Waals surface area contributed by atoms with E-state index in [0.29, 0.717) is 6.61 Å². The van der Waals surface area contributed by atoms with Gasteiger partial charge < -0.3 is 14.2 Å². The topological polar surface area (TPSA) is 44.8 Å². The lowest BCUT2D eigenvalue weighted by atomic mass is 10.00. The lowest BCUT2D eigenvalue weighted by molar-refractivity contribution is -0.210. The van der Waals surface area contributed by atoms with Gasteiger partial charge in [0.15, 0.2) is 5.60 Å². The standard InChI is InChI=1S/C9H14O4/c1-5-6-11-9(4)8(2,3)12-7(10)13-9/h5H,1,6H2,2-4H3. The van der Waals surface area contributed by atoms with Crippen molar-refractivity contribution < 1.29 is 19.0 Å². The second-order valence-electron chi connectivity index (χ2n) is 3.51. The highest BCUT2D eigenvalue weighted by Crippen LogP contribution is 2.37. The van der Waals surface area contributed by atoms with Crippen LogP contribution in [-0.2, 0) is 14.2 Å². The summed E-state index contributed by atoms with van der Waals surface area (Å²) in [6.07, 6.45) is 0.893. The lowest BCUT2D eigenvalue weighted by Gasteiger charge is -2.31. The summed E-state index contributed by atoms with van der Waals surface area (Å²) < 4.78 is 15.2. The van der Waals surface area contributed by atoms with Crippen LogP contribution in [0.3, 0.4) is 0 Å². The van der Waals surface area contributed by atoms with Gasteiger partial charge in [-0.05, 0) is 13.8 Å². The molecule has 1 saturated heterocycles. The van der Waals surface area contributed by atoms with E-state index in [1.54, 1.807) is 26.8 Å². The summed E-state index contributed by atoms with van der Waals surface area (Å²) in [6.45, 7) is 8.97. The van der Waals surface area contributed by atoms with Crippen molar-refractivity contribution in [3.63, 3.8) is 0 Å². The van der Waals surface area contributed by atoms with Crippen LogP contribution in [0.1, 0.15) is 20.8 Å². The first-order valence-electron chi connectivity index (χ1n) is 4.08. The van der Waals surface area contributed by atoms with Gasteiger partial charge in [-0.1, -0.05) is 6.08 Å². The Hall–Kier alpha value is -1.03. The van der Waals surface area contributed by atoms with E-state index in [9.17, 15) is 4.79 Å². The van der Waals surface area contributed by atoms with Gasteiger partial charge in [-0.25, -0.2) is 4.79 Å². The molecule has 1 fully saturated rings. The Balaban J connectivity index is 2.76. The van der Waals surface area contributed by atoms with Gasteiger partial charge in [0.05, 0.1) is 6.61 Å². The van der Waals surface area contributed by atoms with E-state index in [0.717, 1.165) is 0 Å². The fourth-order valence-electron chi connectivity index (χ4n) is 1.02. The Morgan fingerprint density at radius 3 is 2.46 bits per heavy atom. The summed E-state index contributed by atoms with van der Waals surface area (Å²) in [5.74, 6) is -1.03. The predicted molar refractivity (Wildman–Crippen MR) is 46.2 cm³/mol. The number of carbonyl (C=O) groups excluding carboxylic acids is 1. The average molecular weight is 186 g/mol. The third-order valence-corrected chi connectivity index (χ3v) is 2.19. The minimum Gasteiger partial charge on any atom is -0.421 e. The molecule has 0 bridgehead atoms. The van der Waals surface area contributed by atoms with Crippen LogP contribution in [0.25, 0.3) is 0 Å². The first-order chi connectivity index (χ1) is 5.91. The van der Waals surface area contributed by atoms with E-state index < -0.39 is 17.5 Å². The van der Waals surface area contributed by atoms with Crippen LogP contribution in [0.2, 0.25) is 0 Å². The molecule has 0 saturated carbocycles. The maximum Gasteiger partial charge on any atom is 0.511 e. The normalized spacial score (nSPS) is 30.8. The summed E-state index contributed by atoms with van der Waals surface area (Å²) in [6, 6.07) is 0. The molecule has 0 spiro atoms. The molecule has 1 aliphatic heterocycles. The SMILES string of the molecule is C=CCOC1(C)OC(=O)OC1(C)C. The van der Waals surface area contributed by atoms with E-state index >= 15 is 0 Å². The zero-order valence-corrected chi connectivity index (χ0v) is 8.12. The van der Waals surface area contributed by atoms with Crippen molar-refractivity contribution in [3.05, 3.63) is 12.7 Å². The van der Waals surface area contributed by atoms with E-state index in [2.05, 4.69) is 6.58 Å².